The predicted molar refractivity (Wildman–Crippen MR) is 143 cm³/mol. The van der Waals surface area contributed by atoms with E-state index in [4.69, 9.17) is 9.47 Å². The number of halogens is 7. The Morgan fingerprint density at radius 1 is 0.975 bits per heavy atom. The van der Waals surface area contributed by atoms with Crippen LogP contribution >= 0.6 is 31.9 Å². The quantitative estimate of drug-likeness (QED) is 0.0850. The zero-order valence-electron chi connectivity index (χ0n) is 20.6. The molecule has 6 nitrogen and oxygen atoms in total. The Hall–Kier alpha value is -3.58. The van der Waals surface area contributed by atoms with Gasteiger partial charge in [-0.2, -0.15) is 10.1 Å². The molecule has 208 valence electrons. The average molecular weight is 688 g/mol. The molecule has 0 fully saturated rings. The van der Waals surface area contributed by atoms with Gasteiger partial charge in [-0.05, 0) is 65.7 Å². The van der Waals surface area contributed by atoms with Crippen LogP contribution < -0.4 is 9.75 Å². The lowest BCUT2D eigenvalue weighted by Crippen LogP contribution is -2.25. The van der Waals surface area contributed by atoms with Gasteiger partial charge in [0.05, 0.1) is 27.9 Å². The normalized spacial score (nSPS) is 14.1. The molecule has 3 aromatic rings. The molecule has 4 rings (SSSR count). The molecule has 0 saturated carbocycles. The smallest absolute Gasteiger partial charge is 0.338 e. The molecule has 0 aliphatic carbocycles. The number of benzene rings is 3. The minimum absolute atomic E-state index is 0.0365. The number of hydrogen-bond donors (Lipinski definition) is 0. The Morgan fingerprint density at radius 2 is 1.57 bits per heavy atom. The van der Waals surface area contributed by atoms with Crippen LogP contribution in [0.15, 0.2) is 56.0 Å². The monoisotopic (exact) mass is 686 g/mol. The topological polar surface area (TPSA) is 68.2 Å². The fraction of sp³-hybridized carbons (Fsp3) is 0.148. The second-order valence-corrected chi connectivity index (χ2v) is 10.1. The Kier molecular flexibility index (Phi) is 8.74. The van der Waals surface area contributed by atoms with Crippen LogP contribution in [0.2, 0.25) is 0 Å². The molecule has 0 bridgehead atoms. The van der Waals surface area contributed by atoms with Crippen molar-refractivity contribution in [2.45, 2.75) is 20.5 Å². The summed E-state index contributed by atoms with van der Waals surface area (Å²) in [7, 11) is 0. The van der Waals surface area contributed by atoms with E-state index in [-0.39, 0.29) is 35.3 Å². The van der Waals surface area contributed by atoms with E-state index in [0.717, 1.165) is 0 Å². The second-order valence-electron chi connectivity index (χ2n) is 8.29. The van der Waals surface area contributed by atoms with Gasteiger partial charge in [-0.1, -0.05) is 28.1 Å². The number of anilines is 1. The number of ether oxygens (including phenoxy) is 2. The lowest BCUT2D eigenvalue weighted by molar-refractivity contribution is -0.114. The molecular weight excluding hydrogens is 671 g/mol. The minimum atomic E-state index is -2.35. The molecular formula is C27H17Br2F5N2O4. The number of esters is 1. The van der Waals surface area contributed by atoms with E-state index in [9.17, 15) is 31.5 Å². The molecule has 40 heavy (non-hydrogen) atoms. The molecule has 1 aliphatic heterocycles. The van der Waals surface area contributed by atoms with Crippen LogP contribution in [0.5, 0.6) is 5.75 Å². The van der Waals surface area contributed by atoms with Crippen molar-refractivity contribution in [3.05, 3.63) is 96.7 Å². The lowest BCUT2D eigenvalue weighted by atomic mass is 10.1. The number of hydrazone groups is 1. The highest BCUT2D eigenvalue weighted by Gasteiger charge is 2.37. The Bertz CT molecular complexity index is 1560. The first-order valence-corrected chi connectivity index (χ1v) is 13.0. The van der Waals surface area contributed by atoms with Gasteiger partial charge in [-0.15, -0.1) is 0 Å². The Labute approximate surface area is 241 Å². The third kappa shape index (κ3) is 5.66. The summed E-state index contributed by atoms with van der Waals surface area (Å²) in [6, 6.07) is 9.80. The molecule has 0 radical (unpaired) electrons. The Morgan fingerprint density at radius 3 is 2.17 bits per heavy atom. The fourth-order valence-electron chi connectivity index (χ4n) is 3.72. The van der Waals surface area contributed by atoms with Gasteiger partial charge >= 0.3 is 5.97 Å². The molecule has 13 heteroatoms. The zero-order valence-corrected chi connectivity index (χ0v) is 23.8. The van der Waals surface area contributed by atoms with Crippen molar-refractivity contribution < 1.29 is 41.0 Å². The van der Waals surface area contributed by atoms with Gasteiger partial charge in [0.2, 0.25) is 5.82 Å². The van der Waals surface area contributed by atoms with Crippen LogP contribution in [-0.4, -0.2) is 24.2 Å². The Balaban J connectivity index is 1.65. The van der Waals surface area contributed by atoms with Crippen molar-refractivity contribution in [2.75, 3.05) is 11.6 Å². The zero-order chi connectivity index (χ0) is 29.3. The summed E-state index contributed by atoms with van der Waals surface area (Å²) in [4.78, 5) is 25.0. The van der Waals surface area contributed by atoms with Gasteiger partial charge in [0, 0.05) is 10.0 Å². The maximum Gasteiger partial charge on any atom is 0.338 e. The number of hydrogen-bond acceptors (Lipinski definition) is 5. The van der Waals surface area contributed by atoms with Gasteiger partial charge < -0.3 is 9.47 Å². The highest BCUT2D eigenvalue weighted by atomic mass is 79.9. The molecule has 1 heterocycles. The summed E-state index contributed by atoms with van der Waals surface area (Å²) in [5, 5.41) is 3.88. The first-order valence-electron chi connectivity index (χ1n) is 11.5. The van der Waals surface area contributed by atoms with Crippen molar-refractivity contribution >= 4 is 61.2 Å². The average Bonchev–Trinajstić information content (AvgIpc) is 3.19. The number of carbonyl (C=O) groups is 2. The van der Waals surface area contributed by atoms with E-state index in [2.05, 4.69) is 37.0 Å². The highest BCUT2D eigenvalue weighted by molar-refractivity contribution is 9.11. The van der Waals surface area contributed by atoms with Gasteiger partial charge in [-0.25, -0.2) is 26.7 Å². The second kappa shape index (κ2) is 11.9. The summed E-state index contributed by atoms with van der Waals surface area (Å²) in [5.74, 6) is -12.4. The third-order valence-corrected chi connectivity index (χ3v) is 6.69. The summed E-state index contributed by atoms with van der Waals surface area (Å²) in [5.41, 5.74) is -0.283. The molecule has 0 unspecified atom stereocenters. The fourth-order valence-corrected chi connectivity index (χ4v) is 5.09. The number of amides is 1. The van der Waals surface area contributed by atoms with Crippen LogP contribution in [0, 0.1) is 29.1 Å². The van der Waals surface area contributed by atoms with Crippen molar-refractivity contribution in [3.63, 3.8) is 0 Å². The van der Waals surface area contributed by atoms with Crippen LogP contribution in [-0.2, 0) is 16.1 Å². The van der Waals surface area contributed by atoms with Crippen LogP contribution in [0.3, 0.4) is 0 Å². The molecule has 1 aliphatic rings. The highest BCUT2D eigenvalue weighted by Crippen LogP contribution is 2.37. The molecule has 3 aromatic carbocycles. The van der Waals surface area contributed by atoms with E-state index >= 15 is 0 Å². The van der Waals surface area contributed by atoms with Gasteiger partial charge in [0.1, 0.15) is 18.0 Å². The number of rotatable bonds is 7. The van der Waals surface area contributed by atoms with Gasteiger partial charge in [0.25, 0.3) is 5.91 Å². The van der Waals surface area contributed by atoms with Crippen LogP contribution in [0.4, 0.5) is 27.6 Å². The number of carbonyl (C=O) groups excluding carboxylic acids is 2. The maximum absolute atomic E-state index is 14.4. The van der Waals surface area contributed by atoms with E-state index in [0.29, 0.717) is 25.6 Å². The molecule has 0 spiro atoms. The summed E-state index contributed by atoms with van der Waals surface area (Å²) in [6.07, 6.45) is 1.32. The van der Waals surface area contributed by atoms with Gasteiger partial charge in [0.15, 0.2) is 23.3 Å². The first-order chi connectivity index (χ1) is 18.9. The molecule has 0 aromatic heterocycles. The predicted octanol–water partition coefficient (Wildman–Crippen LogP) is 7.47. The molecule has 0 atom stereocenters. The SMILES string of the molecule is CCOC(=O)c1ccc(COc2c(Br)cc(Br)cc2/C=C2\C(=O)N(c3c(F)c(F)c(F)c(F)c3F)N=C2C)cc1. The van der Waals surface area contributed by atoms with E-state index in [1.54, 1.807) is 43.3 Å². The largest absolute Gasteiger partial charge is 0.487 e. The molecule has 0 N–H and O–H groups in total. The molecule has 1 amide bonds. The minimum Gasteiger partial charge on any atom is -0.487 e. The van der Waals surface area contributed by atoms with E-state index < -0.39 is 46.6 Å². The van der Waals surface area contributed by atoms with E-state index in [1.807, 2.05) is 0 Å². The van der Waals surface area contributed by atoms with Crippen molar-refractivity contribution in [3.8, 4) is 5.75 Å². The van der Waals surface area contributed by atoms with Crippen LogP contribution in [0.1, 0.15) is 35.3 Å². The summed E-state index contributed by atoms with van der Waals surface area (Å²) < 4.78 is 81.8. The first kappa shape index (κ1) is 29.4. The van der Waals surface area contributed by atoms with Crippen molar-refractivity contribution in [1.29, 1.82) is 0 Å². The summed E-state index contributed by atoms with van der Waals surface area (Å²) >= 11 is 6.75. The van der Waals surface area contributed by atoms with Crippen molar-refractivity contribution in [2.24, 2.45) is 5.10 Å². The lowest BCUT2D eigenvalue weighted by Gasteiger charge is -2.15. The standard InChI is InChI=1S/C27H17Br2F5N2O4/c1-3-39-27(38)14-6-4-13(5-7-14)11-40-25-15(8-16(28)10-18(25)29)9-17-12(2)35-36(26(17)37)24-22(33)20(31)19(30)21(32)23(24)34/h4-10H,3,11H2,1-2H3/b17-9-. The number of nitrogens with zero attached hydrogens (tertiary/aromatic N) is 2. The summed E-state index contributed by atoms with van der Waals surface area (Å²) in [6.45, 7) is 3.34. The van der Waals surface area contributed by atoms with E-state index in [1.165, 1.54) is 13.0 Å². The third-order valence-electron chi connectivity index (χ3n) is 5.65. The van der Waals surface area contributed by atoms with Gasteiger partial charge in [-0.3, -0.25) is 4.79 Å². The maximum atomic E-state index is 14.4. The molecule has 0 saturated heterocycles. The van der Waals surface area contributed by atoms with Crippen LogP contribution in [0.25, 0.3) is 6.08 Å². The van der Waals surface area contributed by atoms with Crippen molar-refractivity contribution in [1.82, 2.24) is 0 Å².